The first kappa shape index (κ1) is 14.9. The molecule has 5 nitrogen and oxygen atoms in total. The number of nitrogens with one attached hydrogen (secondary N) is 1. The molecule has 0 unspecified atom stereocenters. The number of benzene rings is 1. The fourth-order valence-electron chi connectivity index (χ4n) is 1.67. The summed E-state index contributed by atoms with van der Waals surface area (Å²) in [5.74, 6) is -1.15. The minimum Gasteiger partial charge on any atom is -0.478 e. The van der Waals surface area contributed by atoms with E-state index in [-0.39, 0.29) is 5.91 Å². The minimum atomic E-state index is -1.00. The number of nitrogens with zero attached hydrogens (tertiary/aromatic N) is 1. The number of carboxylic acid groups (broad SMARTS) is 1. The van der Waals surface area contributed by atoms with Crippen LogP contribution in [0.25, 0.3) is 6.08 Å². The molecule has 21 heavy (non-hydrogen) atoms. The maximum Gasteiger partial charge on any atom is 0.328 e. The largest absolute Gasteiger partial charge is 0.478 e. The number of rotatable bonds is 6. The molecule has 6 heteroatoms. The van der Waals surface area contributed by atoms with E-state index in [4.69, 9.17) is 5.11 Å². The fraction of sp³-hybridized carbons (Fsp3) is 0.133. The summed E-state index contributed by atoms with van der Waals surface area (Å²) in [4.78, 5) is 26.5. The van der Waals surface area contributed by atoms with E-state index in [1.807, 2.05) is 5.38 Å². The van der Waals surface area contributed by atoms with Crippen LogP contribution in [-0.4, -0.2) is 28.5 Å². The minimum absolute atomic E-state index is 0.152. The van der Waals surface area contributed by atoms with Gasteiger partial charge in [0, 0.05) is 36.2 Å². The van der Waals surface area contributed by atoms with Gasteiger partial charge in [-0.15, -0.1) is 11.3 Å². The van der Waals surface area contributed by atoms with Gasteiger partial charge in [0.1, 0.15) is 0 Å². The summed E-state index contributed by atoms with van der Waals surface area (Å²) in [6.45, 7) is 0.535. The average Bonchev–Trinajstić information content (AvgIpc) is 2.99. The predicted molar refractivity (Wildman–Crippen MR) is 81.3 cm³/mol. The molecule has 1 amide bonds. The smallest absolute Gasteiger partial charge is 0.328 e. The molecule has 108 valence electrons. The van der Waals surface area contributed by atoms with Crippen LogP contribution in [0.2, 0.25) is 0 Å². The van der Waals surface area contributed by atoms with Crippen LogP contribution >= 0.6 is 11.3 Å². The monoisotopic (exact) mass is 302 g/mol. The van der Waals surface area contributed by atoms with Gasteiger partial charge in [-0.25, -0.2) is 9.78 Å². The first-order chi connectivity index (χ1) is 10.1. The molecule has 0 aliphatic heterocycles. The summed E-state index contributed by atoms with van der Waals surface area (Å²) in [5, 5.41) is 14.3. The Kier molecular flexibility index (Phi) is 5.22. The summed E-state index contributed by atoms with van der Waals surface area (Å²) in [6, 6.07) is 6.74. The van der Waals surface area contributed by atoms with Crippen LogP contribution in [0.5, 0.6) is 0 Å². The number of carboxylic acids is 1. The van der Waals surface area contributed by atoms with Crippen LogP contribution in [0.3, 0.4) is 0 Å². The molecule has 2 aromatic rings. The fourth-order valence-corrected chi connectivity index (χ4v) is 2.30. The average molecular weight is 302 g/mol. The molecule has 2 rings (SSSR count). The van der Waals surface area contributed by atoms with Crippen molar-refractivity contribution in [3.05, 3.63) is 58.1 Å². The molecule has 1 aromatic carbocycles. The van der Waals surface area contributed by atoms with Gasteiger partial charge < -0.3 is 10.4 Å². The number of hydrogen-bond donors (Lipinski definition) is 2. The molecule has 0 saturated heterocycles. The number of carbonyl (C=O) groups excluding carboxylic acids is 1. The van der Waals surface area contributed by atoms with Gasteiger partial charge >= 0.3 is 5.97 Å². The molecule has 0 saturated carbocycles. The summed E-state index contributed by atoms with van der Waals surface area (Å²) in [7, 11) is 0. The molecule has 2 N–H and O–H groups in total. The first-order valence-electron chi connectivity index (χ1n) is 6.33. The third kappa shape index (κ3) is 4.85. The second-order valence-electron chi connectivity index (χ2n) is 4.23. The van der Waals surface area contributed by atoms with Crippen molar-refractivity contribution in [3.63, 3.8) is 0 Å². The quantitative estimate of drug-likeness (QED) is 0.802. The van der Waals surface area contributed by atoms with Gasteiger partial charge in [-0.1, -0.05) is 12.1 Å². The zero-order chi connectivity index (χ0) is 15.1. The lowest BCUT2D eigenvalue weighted by atomic mass is 10.1. The van der Waals surface area contributed by atoms with Crippen molar-refractivity contribution >= 4 is 29.3 Å². The van der Waals surface area contributed by atoms with E-state index in [0.29, 0.717) is 18.5 Å². The highest BCUT2D eigenvalue weighted by Gasteiger charge is 2.05. The number of amides is 1. The molecule has 0 spiro atoms. The first-order valence-corrected chi connectivity index (χ1v) is 7.21. The van der Waals surface area contributed by atoms with Crippen molar-refractivity contribution in [3.8, 4) is 0 Å². The SMILES string of the molecule is O=C(O)C=Cc1ccc(C(=O)NCCc2nccs2)cc1. The zero-order valence-corrected chi connectivity index (χ0v) is 12.0. The van der Waals surface area contributed by atoms with Crippen molar-refractivity contribution in [2.24, 2.45) is 0 Å². The Balaban J connectivity index is 1.86. The summed E-state index contributed by atoms with van der Waals surface area (Å²) >= 11 is 1.56. The number of aliphatic carboxylic acids is 1. The van der Waals surface area contributed by atoms with Crippen LogP contribution < -0.4 is 5.32 Å². The molecule has 0 aliphatic rings. The molecule has 0 bridgehead atoms. The maximum absolute atomic E-state index is 11.9. The molecular formula is C15H14N2O3S. The van der Waals surface area contributed by atoms with Gasteiger partial charge in [0.2, 0.25) is 0 Å². The van der Waals surface area contributed by atoms with Crippen LogP contribution in [-0.2, 0) is 11.2 Å². The van der Waals surface area contributed by atoms with Crippen LogP contribution in [0.15, 0.2) is 41.9 Å². The van der Waals surface area contributed by atoms with Gasteiger partial charge in [-0.05, 0) is 23.8 Å². The molecular weight excluding hydrogens is 288 g/mol. The van der Waals surface area contributed by atoms with E-state index in [2.05, 4.69) is 10.3 Å². The topological polar surface area (TPSA) is 79.3 Å². The number of carbonyl (C=O) groups is 2. The summed E-state index contributed by atoms with van der Waals surface area (Å²) in [5.41, 5.74) is 1.28. The highest BCUT2D eigenvalue weighted by atomic mass is 32.1. The van der Waals surface area contributed by atoms with Crippen molar-refractivity contribution in [2.75, 3.05) is 6.54 Å². The highest BCUT2D eigenvalue weighted by molar-refractivity contribution is 7.09. The zero-order valence-electron chi connectivity index (χ0n) is 11.2. The molecule has 1 heterocycles. The predicted octanol–water partition coefficient (Wildman–Crippen LogP) is 2.21. The molecule has 1 aromatic heterocycles. The van der Waals surface area contributed by atoms with Crippen molar-refractivity contribution in [2.45, 2.75) is 6.42 Å². The Morgan fingerprint density at radius 2 is 2.05 bits per heavy atom. The van der Waals surface area contributed by atoms with Gasteiger partial charge in [0.05, 0.1) is 5.01 Å². The molecule has 0 atom stereocenters. The Hall–Kier alpha value is -2.47. The lowest BCUT2D eigenvalue weighted by Crippen LogP contribution is -2.25. The number of hydrogen-bond acceptors (Lipinski definition) is 4. The molecule has 0 fully saturated rings. The van der Waals surface area contributed by atoms with E-state index in [1.54, 1.807) is 41.8 Å². The number of thiazole rings is 1. The van der Waals surface area contributed by atoms with Crippen molar-refractivity contribution in [1.82, 2.24) is 10.3 Å². The Bertz CT molecular complexity index is 633. The lowest BCUT2D eigenvalue weighted by molar-refractivity contribution is -0.131. The standard InChI is InChI=1S/C15H14N2O3S/c18-14(19)6-3-11-1-4-12(5-2-11)15(20)17-8-7-13-16-9-10-21-13/h1-6,9-10H,7-8H2,(H,17,20)(H,18,19). The summed E-state index contributed by atoms with van der Waals surface area (Å²) < 4.78 is 0. The van der Waals surface area contributed by atoms with Crippen molar-refractivity contribution in [1.29, 1.82) is 0 Å². The van der Waals surface area contributed by atoms with E-state index in [1.165, 1.54) is 6.08 Å². The Morgan fingerprint density at radius 1 is 1.29 bits per heavy atom. The number of aromatic nitrogens is 1. The van der Waals surface area contributed by atoms with Crippen molar-refractivity contribution < 1.29 is 14.7 Å². The van der Waals surface area contributed by atoms with Gasteiger partial charge in [0.15, 0.2) is 0 Å². The summed E-state index contributed by atoms with van der Waals surface area (Å²) in [6.07, 6.45) is 4.99. The van der Waals surface area contributed by atoms with E-state index >= 15 is 0 Å². The van der Waals surface area contributed by atoms with E-state index in [9.17, 15) is 9.59 Å². The molecule has 0 radical (unpaired) electrons. The van der Waals surface area contributed by atoms with Gasteiger partial charge in [0.25, 0.3) is 5.91 Å². The second-order valence-corrected chi connectivity index (χ2v) is 5.20. The van der Waals surface area contributed by atoms with E-state index in [0.717, 1.165) is 16.6 Å². The van der Waals surface area contributed by atoms with Crippen LogP contribution in [0.4, 0.5) is 0 Å². The normalized spacial score (nSPS) is 10.7. The lowest BCUT2D eigenvalue weighted by Gasteiger charge is -2.04. The van der Waals surface area contributed by atoms with E-state index < -0.39 is 5.97 Å². The second kappa shape index (κ2) is 7.35. The third-order valence-electron chi connectivity index (χ3n) is 2.70. The third-order valence-corrected chi connectivity index (χ3v) is 3.54. The Morgan fingerprint density at radius 3 is 2.67 bits per heavy atom. The Labute approximate surface area is 126 Å². The molecule has 0 aliphatic carbocycles. The van der Waals surface area contributed by atoms with Crippen LogP contribution in [0, 0.1) is 0 Å². The van der Waals surface area contributed by atoms with Gasteiger partial charge in [-0.3, -0.25) is 4.79 Å². The van der Waals surface area contributed by atoms with Crippen LogP contribution in [0.1, 0.15) is 20.9 Å². The van der Waals surface area contributed by atoms with Gasteiger partial charge in [-0.2, -0.15) is 0 Å². The highest BCUT2D eigenvalue weighted by Crippen LogP contribution is 2.07. The maximum atomic E-state index is 11.9.